The van der Waals surface area contributed by atoms with Crippen molar-refractivity contribution < 1.29 is 4.79 Å². The summed E-state index contributed by atoms with van der Waals surface area (Å²) in [6.07, 6.45) is 9.54. The molecule has 0 radical (unpaired) electrons. The van der Waals surface area contributed by atoms with E-state index in [4.69, 9.17) is 0 Å². The van der Waals surface area contributed by atoms with Gasteiger partial charge in [-0.15, -0.1) is 0 Å². The molecule has 0 spiro atoms. The van der Waals surface area contributed by atoms with E-state index < -0.39 is 0 Å². The normalized spacial score (nSPS) is 17.3. The summed E-state index contributed by atoms with van der Waals surface area (Å²) in [5, 5.41) is 8.37. The Hall–Kier alpha value is -2.73. The van der Waals surface area contributed by atoms with Crippen molar-refractivity contribution in [2.24, 2.45) is 0 Å². The second-order valence-electron chi connectivity index (χ2n) is 8.27. The number of unbranched alkanes of at least 4 members (excludes halogenated alkanes) is 1. The van der Waals surface area contributed by atoms with Crippen LogP contribution in [0.2, 0.25) is 0 Å². The Morgan fingerprint density at radius 1 is 1.17 bits per heavy atom. The molecule has 1 aliphatic rings. The van der Waals surface area contributed by atoms with Gasteiger partial charge >= 0.3 is 0 Å². The number of nitrogens with zero attached hydrogens (tertiary/aromatic N) is 4. The molecular formula is C24H31N5O. The molecule has 1 aliphatic heterocycles. The fourth-order valence-corrected chi connectivity index (χ4v) is 4.20. The maximum absolute atomic E-state index is 12.5. The number of aromatic nitrogens is 3. The Bertz CT molecular complexity index is 968. The van der Waals surface area contributed by atoms with E-state index >= 15 is 0 Å². The highest BCUT2D eigenvalue weighted by molar-refractivity contribution is 5.96. The van der Waals surface area contributed by atoms with Crippen molar-refractivity contribution in [3.63, 3.8) is 0 Å². The Morgan fingerprint density at radius 2 is 2.03 bits per heavy atom. The van der Waals surface area contributed by atoms with Crippen LogP contribution in [-0.2, 0) is 6.54 Å². The Labute approximate surface area is 178 Å². The third kappa shape index (κ3) is 5.05. The van der Waals surface area contributed by atoms with Crippen LogP contribution < -0.4 is 5.32 Å². The number of carbonyl (C=O) groups is 1. The number of hydrogen-bond acceptors (Lipinski definition) is 4. The molecule has 1 unspecified atom stereocenters. The van der Waals surface area contributed by atoms with E-state index in [0.717, 1.165) is 30.4 Å². The minimum absolute atomic E-state index is 0.0634. The zero-order chi connectivity index (χ0) is 20.8. The van der Waals surface area contributed by atoms with Crippen molar-refractivity contribution in [2.45, 2.75) is 51.6 Å². The van der Waals surface area contributed by atoms with E-state index in [1.807, 2.05) is 28.9 Å². The minimum atomic E-state index is -0.0634. The summed E-state index contributed by atoms with van der Waals surface area (Å²) < 4.78 is 1.87. The number of amides is 1. The molecule has 1 saturated heterocycles. The molecule has 30 heavy (non-hydrogen) atoms. The van der Waals surface area contributed by atoms with E-state index in [-0.39, 0.29) is 5.91 Å². The lowest BCUT2D eigenvalue weighted by molar-refractivity contribution is 0.0951. The third-order valence-corrected chi connectivity index (χ3v) is 6.01. The van der Waals surface area contributed by atoms with Crippen LogP contribution >= 0.6 is 0 Å². The van der Waals surface area contributed by atoms with Crippen LogP contribution in [-0.4, -0.2) is 51.2 Å². The van der Waals surface area contributed by atoms with Crippen molar-refractivity contribution >= 4 is 16.9 Å². The van der Waals surface area contributed by atoms with E-state index in [1.54, 1.807) is 12.4 Å². The van der Waals surface area contributed by atoms with E-state index in [1.165, 1.54) is 31.4 Å². The number of rotatable bonds is 8. The van der Waals surface area contributed by atoms with Crippen LogP contribution in [0.3, 0.4) is 0 Å². The Kier molecular flexibility index (Phi) is 6.74. The van der Waals surface area contributed by atoms with Gasteiger partial charge in [-0.1, -0.05) is 36.8 Å². The molecule has 2 aromatic heterocycles. The van der Waals surface area contributed by atoms with Gasteiger partial charge in [-0.05, 0) is 57.3 Å². The van der Waals surface area contributed by atoms with Crippen molar-refractivity contribution in [1.82, 2.24) is 25.0 Å². The molecule has 1 fully saturated rings. The SMILES string of the molecule is CC1CCCCN1CCCCNC(=O)c1cnc2c(cnn2Cc2ccccc2)c1. The fraction of sp³-hybridized carbons (Fsp3) is 0.458. The molecular weight excluding hydrogens is 374 g/mol. The van der Waals surface area contributed by atoms with Gasteiger partial charge in [-0.3, -0.25) is 4.79 Å². The Balaban J connectivity index is 1.27. The maximum atomic E-state index is 12.5. The van der Waals surface area contributed by atoms with Crippen molar-refractivity contribution in [1.29, 1.82) is 0 Å². The number of piperidine rings is 1. The predicted octanol–water partition coefficient (Wildman–Crippen LogP) is 3.86. The molecule has 0 bridgehead atoms. The summed E-state index contributed by atoms with van der Waals surface area (Å²) in [6, 6.07) is 12.8. The van der Waals surface area contributed by atoms with Crippen molar-refractivity contribution in [2.75, 3.05) is 19.6 Å². The number of carbonyl (C=O) groups excluding carboxylic acids is 1. The molecule has 1 atom stereocenters. The number of benzene rings is 1. The highest BCUT2D eigenvalue weighted by atomic mass is 16.1. The lowest BCUT2D eigenvalue weighted by atomic mass is 10.0. The molecule has 6 heteroatoms. The van der Waals surface area contributed by atoms with Gasteiger partial charge in [0, 0.05) is 24.2 Å². The number of fused-ring (bicyclic) bond motifs is 1. The van der Waals surface area contributed by atoms with Gasteiger partial charge in [0.25, 0.3) is 5.91 Å². The summed E-state index contributed by atoms with van der Waals surface area (Å²) in [6.45, 7) is 6.04. The number of nitrogens with one attached hydrogen (secondary N) is 1. The highest BCUT2D eigenvalue weighted by Crippen LogP contribution is 2.17. The van der Waals surface area contributed by atoms with Crippen LogP contribution in [0.4, 0.5) is 0 Å². The summed E-state index contributed by atoms with van der Waals surface area (Å²) in [5.41, 5.74) is 2.56. The molecule has 6 nitrogen and oxygen atoms in total. The smallest absolute Gasteiger partial charge is 0.252 e. The van der Waals surface area contributed by atoms with Gasteiger partial charge in [0.1, 0.15) is 0 Å². The van der Waals surface area contributed by atoms with Crippen LogP contribution in [0.5, 0.6) is 0 Å². The van der Waals surface area contributed by atoms with Gasteiger partial charge in [0.05, 0.1) is 18.3 Å². The lowest BCUT2D eigenvalue weighted by Crippen LogP contribution is -2.38. The van der Waals surface area contributed by atoms with E-state index in [9.17, 15) is 4.79 Å². The molecule has 158 valence electrons. The van der Waals surface area contributed by atoms with Gasteiger partial charge < -0.3 is 10.2 Å². The standard InChI is InChI=1S/C24H31N5O/c1-19-9-5-7-13-28(19)14-8-6-12-25-24(30)22-15-21-17-27-29(23(21)26-16-22)18-20-10-3-2-4-11-20/h2-4,10-11,15-17,19H,5-9,12-14,18H2,1H3,(H,25,30). The van der Waals surface area contributed by atoms with Crippen LogP contribution in [0.25, 0.3) is 11.0 Å². The first-order valence-electron chi connectivity index (χ1n) is 11.1. The molecule has 3 heterocycles. The van der Waals surface area contributed by atoms with Gasteiger partial charge in [0.15, 0.2) is 5.65 Å². The monoisotopic (exact) mass is 405 g/mol. The van der Waals surface area contributed by atoms with Crippen molar-refractivity contribution in [3.05, 3.63) is 59.9 Å². The molecule has 1 aromatic carbocycles. The zero-order valence-corrected chi connectivity index (χ0v) is 17.8. The third-order valence-electron chi connectivity index (χ3n) is 6.01. The predicted molar refractivity (Wildman–Crippen MR) is 120 cm³/mol. The Morgan fingerprint density at radius 3 is 2.87 bits per heavy atom. The maximum Gasteiger partial charge on any atom is 0.252 e. The van der Waals surface area contributed by atoms with Gasteiger partial charge in [-0.2, -0.15) is 5.10 Å². The average molecular weight is 406 g/mol. The van der Waals surface area contributed by atoms with Crippen LogP contribution in [0, 0.1) is 0 Å². The van der Waals surface area contributed by atoms with Crippen LogP contribution in [0.15, 0.2) is 48.8 Å². The first-order valence-corrected chi connectivity index (χ1v) is 11.1. The molecule has 3 aromatic rings. The van der Waals surface area contributed by atoms with Crippen LogP contribution in [0.1, 0.15) is 54.9 Å². The lowest BCUT2D eigenvalue weighted by Gasteiger charge is -2.33. The number of pyridine rings is 1. The van der Waals surface area contributed by atoms with Gasteiger partial charge in [-0.25, -0.2) is 9.67 Å². The first-order chi connectivity index (χ1) is 14.7. The summed E-state index contributed by atoms with van der Waals surface area (Å²) in [5.74, 6) is -0.0634. The van der Waals surface area contributed by atoms with Crippen molar-refractivity contribution in [3.8, 4) is 0 Å². The van der Waals surface area contributed by atoms with Gasteiger partial charge in [0.2, 0.25) is 0 Å². The summed E-state index contributed by atoms with van der Waals surface area (Å²) >= 11 is 0. The summed E-state index contributed by atoms with van der Waals surface area (Å²) in [7, 11) is 0. The number of hydrogen-bond donors (Lipinski definition) is 1. The topological polar surface area (TPSA) is 63.1 Å². The second-order valence-corrected chi connectivity index (χ2v) is 8.27. The number of likely N-dealkylation sites (tertiary alicyclic amines) is 1. The van der Waals surface area contributed by atoms with E-state index in [2.05, 4.69) is 39.4 Å². The molecule has 1 N–H and O–H groups in total. The second kappa shape index (κ2) is 9.85. The molecule has 4 rings (SSSR count). The van der Waals surface area contributed by atoms with E-state index in [0.29, 0.717) is 24.7 Å². The minimum Gasteiger partial charge on any atom is -0.352 e. The zero-order valence-electron chi connectivity index (χ0n) is 17.8. The summed E-state index contributed by atoms with van der Waals surface area (Å²) in [4.78, 5) is 19.6. The molecule has 0 saturated carbocycles. The molecule has 1 amide bonds. The quantitative estimate of drug-likeness (QED) is 0.578. The largest absolute Gasteiger partial charge is 0.352 e. The molecule has 0 aliphatic carbocycles. The average Bonchev–Trinajstić information content (AvgIpc) is 3.17. The first kappa shape index (κ1) is 20.5. The fourth-order valence-electron chi connectivity index (χ4n) is 4.20. The highest BCUT2D eigenvalue weighted by Gasteiger charge is 2.17.